The summed E-state index contributed by atoms with van der Waals surface area (Å²) in [6.07, 6.45) is 3.95. The number of benzene rings is 2. The van der Waals surface area contributed by atoms with Gasteiger partial charge in [-0.25, -0.2) is 9.78 Å². The Balaban J connectivity index is 1.27. The van der Waals surface area contributed by atoms with Gasteiger partial charge in [-0.3, -0.25) is 9.59 Å². The van der Waals surface area contributed by atoms with E-state index in [1.54, 1.807) is 26.1 Å². The topological polar surface area (TPSA) is 103 Å². The van der Waals surface area contributed by atoms with Crippen molar-refractivity contribution in [2.75, 3.05) is 23.3 Å². The quantitative estimate of drug-likeness (QED) is 0.491. The van der Waals surface area contributed by atoms with Crippen molar-refractivity contribution in [3.63, 3.8) is 0 Å². The molecular weight excluding hydrogens is 468 g/mol. The summed E-state index contributed by atoms with van der Waals surface area (Å²) < 4.78 is 0. The van der Waals surface area contributed by atoms with Crippen molar-refractivity contribution in [2.24, 2.45) is 5.92 Å². The van der Waals surface area contributed by atoms with E-state index in [1.807, 2.05) is 48.5 Å². The van der Waals surface area contributed by atoms with Crippen molar-refractivity contribution in [1.29, 1.82) is 0 Å². The molecule has 1 fully saturated rings. The molecule has 2 amide bonds. The fourth-order valence-electron chi connectivity index (χ4n) is 5.11. The molecule has 2 aliphatic rings. The van der Waals surface area contributed by atoms with E-state index >= 15 is 0 Å². The Morgan fingerprint density at radius 3 is 2.30 bits per heavy atom. The van der Waals surface area contributed by atoms with Gasteiger partial charge < -0.3 is 20.2 Å². The van der Waals surface area contributed by atoms with Gasteiger partial charge in [-0.2, -0.15) is 0 Å². The summed E-state index contributed by atoms with van der Waals surface area (Å²) in [6, 6.07) is 15.9. The van der Waals surface area contributed by atoms with E-state index in [2.05, 4.69) is 15.2 Å². The average Bonchev–Trinajstić information content (AvgIpc) is 3.53. The number of hydrogen-bond acceptors (Lipinski definition) is 5. The van der Waals surface area contributed by atoms with Crippen LogP contribution in [0.1, 0.15) is 53.0 Å². The van der Waals surface area contributed by atoms with Crippen LogP contribution in [0.2, 0.25) is 0 Å². The second-order valence-electron chi connectivity index (χ2n) is 9.96. The number of nitrogens with one attached hydrogen (secondary N) is 1. The van der Waals surface area contributed by atoms with Crippen molar-refractivity contribution in [2.45, 2.75) is 39.3 Å². The zero-order valence-corrected chi connectivity index (χ0v) is 21.0. The average molecular weight is 499 g/mol. The molecule has 0 aliphatic carbocycles. The molecule has 5 rings (SSSR count). The van der Waals surface area contributed by atoms with E-state index in [0.29, 0.717) is 23.4 Å². The lowest BCUT2D eigenvalue weighted by Gasteiger charge is -2.27. The molecule has 3 aromatic rings. The summed E-state index contributed by atoms with van der Waals surface area (Å²) in [7, 11) is 0. The van der Waals surface area contributed by atoms with Gasteiger partial charge in [0, 0.05) is 37.1 Å². The van der Waals surface area contributed by atoms with Crippen LogP contribution in [0.3, 0.4) is 0 Å². The number of aliphatic carboxylic acids is 1. The molecule has 0 bridgehead atoms. The van der Waals surface area contributed by atoms with Crippen LogP contribution < -0.4 is 10.2 Å². The van der Waals surface area contributed by atoms with Crippen LogP contribution in [0, 0.1) is 5.92 Å². The molecule has 1 atom stereocenters. The first-order valence-corrected chi connectivity index (χ1v) is 12.6. The van der Waals surface area contributed by atoms with Crippen LogP contribution in [0.5, 0.6) is 0 Å². The minimum absolute atomic E-state index is 0.197. The molecule has 2 aromatic carbocycles. The van der Waals surface area contributed by atoms with Crippen molar-refractivity contribution >= 4 is 29.3 Å². The molecule has 2 aliphatic heterocycles. The first-order valence-electron chi connectivity index (χ1n) is 12.6. The lowest BCUT2D eigenvalue weighted by atomic mass is 10.00. The lowest BCUT2D eigenvalue weighted by Crippen LogP contribution is -2.44. The second-order valence-corrected chi connectivity index (χ2v) is 9.96. The molecule has 190 valence electrons. The number of carboxylic acid groups (broad SMARTS) is 1. The van der Waals surface area contributed by atoms with Gasteiger partial charge in [-0.05, 0) is 65.8 Å². The molecule has 3 heterocycles. The third kappa shape index (κ3) is 4.91. The Morgan fingerprint density at radius 1 is 0.973 bits per heavy atom. The Bertz CT molecular complexity index is 1330. The van der Waals surface area contributed by atoms with Crippen LogP contribution in [0.25, 0.3) is 11.1 Å². The number of pyridine rings is 1. The van der Waals surface area contributed by atoms with Gasteiger partial charge in [-0.15, -0.1) is 0 Å². The Hall–Kier alpha value is -4.20. The Morgan fingerprint density at radius 2 is 1.68 bits per heavy atom. The maximum atomic E-state index is 13.0. The van der Waals surface area contributed by atoms with Crippen LogP contribution in [-0.4, -0.2) is 51.9 Å². The van der Waals surface area contributed by atoms with Crippen LogP contribution >= 0.6 is 0 Å². The number of nitrogens with zero attached hydrogens (tertiary/aromatic N) is 3. The molecule has 0 unspecified atom stereocenters. The summed E-state index contributed by atoms with van der Waals surface area (Å²) in [4.78, 5) is 45.6. The minimum atomic E-state index is -0.993. The summed E-state index contributed by atoms with van der Waals surface area (Å²) in [5.41, 5.74) is 4.25. The number of anilines is 2. The normalized spacial score (nSPS) is 15.7. The number of carbonyl (C=O) groups is 3. The van der Waals surface area contributed by atoms with E-state index in [-0.39, 0.29) is 17.7 Å². The molecule has 2 N–H and O–H groups in total. The molecule has 0 spiro atoms. The highest BCUT2D eigenvalue weighted by Gasteiger charge is 2.38. The summed E-state index contributed by atoms with van der Waals surface area (Å²) in [6.45, 7) is 5.91. The zero-order chi connectivity index (χ0) is 26.1. The summed E-state index contributed by atoms with van der Waals surface area (Å²) >= 11 is 0. The fourth-order valence-corrected chi connectivity index (χ4v) is 5.11. The third-order valence-corrected chi connectivity index (χ3v) is 7.08. The highest BCUT2D eigenvalue weighted by molar-refractivity contribution is 6.04. The maximum absolute atomic E-state index is 13.0. The van der Waals surface area contributed by atoms with Crippen LogP contribution in [-0.2, 0) is 11.3 Å². The third-order valence-electron chi connectivity index (χ3n) is 7.08. The largest absolute Gasteiger partial charge is 0.480 e. The van der Waals surface area contributed by atoms with E-state index in [0.717, 1.165) is 35.6 Å². The maximum Gasteiger partial charge on any atom is 0.326 e. The van der Waals surface area contributed by atoms with Gasteiger partial charge in [-0.1, -0.05) is 38.1 Å². The van der Waals surface area contributed by atoms with Gasteiger partial charge in [0.05, 0.1) is 5.56 Å². The monoisotopic (exact) mass is 498 g/mol. The lowest BCUT2D eigenvalue weighted by molar-refractivity contribution is -0.144. The van der Waals surface area contributed by atoms with Crippen molar-refractivity contribution in [3.05, 3.63) is 77.5 Å². The molecule has 1 saturated heterocycles. The smallest absolute Gasteiger partial charge is 0.326 e. The van der Waals surface area contributed by atoms with Gasteiger partial charge in [0.1, 0.15) is 11.9 Å². The first-order chi connectivity index (χ1) is 17.8. The van der Waals surface area contributed by atoms with Crippen molar-refractivity contribution < 1.29 is 19.5 Å². The second kappa shape index (κ2) is 10.0. The Kier molecular flexibility index (Phi) is 6.65. The number of aromatic nitrogens is 1. The minimum Gasteiger partial charge on any atom is -0.480 e. The zero-order valence-electron chi connectivity index (χ0n) is 21.0. The number of hydrogen-bond donors (Lipinski definition) is 2. The van der Waals surface area contributed by atoms with Gasteiger partial charge in [0.2, 0.25) is 0 Å². The van der Waals surface area contributed by atoms with E-state index in [4.69, 9.17) is 0 Å². The van der Waals surface area contributed by atoms with Crippen LogP contribution in [0.15, 0.2) is 60.8 Å². The molecule has 8 nitrogen and oxygen atoms in total. The van der Waals surface area contributed by atoms with Crippen LogP contribution in [0.4, 0.5) is 11.5 Å². The summed E-state index contributed by atoms with van der Waals surface area (Å²) in [5, 5.41) is 12.5. The molecular formula is C29H30N4O4. The molecule has 8 heteroatoms. The Labute approximate surface area is 215 Å². The van der Waals surface area contributed by atoms with Crippen molar-refractivity contribution in [1.82, 2.24) is 9.88 Å². The van der Waals surface area contributed by atoms with Gasteiger partial charge in [0.15, 0.2) is 0 Å². The number of amides is 2. The number of rotatable bonds is 7. The first kappa shape index (κ1) is 24.5. The SMILES string of the molecule is CC(C)[C@@H](C(=O)O)N1Cc2ccc(-c3ccc(NC(=O)c4ccc(N5CCCC5)nc4)cc3)cc2C1=O. The standard InChI is InChI=1S/C29H30N4O4/c1-18(2)26(29(36)37)33-17-22-6-5-20(15-24(22)28(33)35)19-7-10-23(11-8-19)31-27(34)21-9-12-25(30-16-21)32-13-3-4-14-32/h5-12,15-16,18,26H,3-4,13-14,17H2,1-2H3,(H,31,34)(H,36,37)/t26-/m0/s1. The highest BCUT2D eigenvalue weighted by atomic mass is 16.4. The predicted molar refractivity (Wildman–Crippen MR) is 142 cm³/mol. The fraction of sp³-hybridized carbons (Fsp3) is 0.310. The van der Waals surface area contributed by atoms with Gasteiger partial charge in [0.25, 0.3) is 11.8 Å². The molecule has 37 heavy (non-hydrogen) atoms. The number of carboxylic acids is 1. The van der Waals surface area contributed by atoms with E-state index in [1.165, 1.54) is 17.7 Å². The molecule has 0 saturated carbocycles. The van der Waals surface area contributed by atoms with Gasteiger partial charge >= 0.3 is 5.97 Å². The predicted octanol–water partition coefficient (Wildman–Crippen LogP) is 4.67. The molecule has 0 radical (unpaired) electrons. The number of carbonyl (C=O) groups excluding carboxylic acids is 2. The van der Waals surface area contributed by atoms with Crippen molar-refractivity contribution in [3.8, 4) is 11.1 Å². The van der Waals surface area contributed by atoms with E-state index < -0.39 is 12.0 Å². The van der Waals surface area contributed by atoms with E-state index in [9.17, 15) is 19.5 Å². The number of fused-ring (bicyclic) bond motifs is 1. The molecule has 1 aromatic heterocycles. The highest BCUT2D eigenvalue weighted by Crippen LogP contribution is 2.31. The summed E-state index contributed by atoms with van der Waals surface area (Å²) in [5.74, 6) is -0.776.